The number of sulfone groups is 1. The number of aliphatic hydroxyl groups is 1. The molecule has 1 N–H and O–H groups in total. The molecule has 0 fully saturated rings. The fourth-order valence-electron chi connectivity index (χ4n) is 1.38. The van der Waals surface area contributed by atoms with Gasteiger partial charge in [0, 0.05) is 0 Å². The van der Waals surface area contributed by atoms with Gasteiger partial charge in [0.05, 0.1) is 17.3 Å². The fraction of sp³-hybridized carbons (Fsp3) is 0.400. The Morgan fingerprint density at radius 2 is 1.93 bits per heavy atom. The quantitative estimate of drug-likeness (QED) is 0.818. The van der Waals surface area contributed by atoms with Crippen LogP contribution in [0.2, 0.25) is 0 Å². The van der Waals surface area contributed by atoms with Crippen LogP contribution in [0.15, 0.2) is 23.1 Å². The van der Waals surface area contributed by atoms with Crippen molar-refractivity contribution in [3.05, 3.63) is 29.3 Å². The Labute approximate surface area is 84.3 Å². The van der Waals surface area contributed by atoms with E-state index in [1.807, 2.05) is 13.0 Å². The average molecular weight is 214 g/mol. The van der Waals surface area contributed by atoms with E-state index in [0.29, 0.717) is 4.90 Å². The van der Waals surface area contributed by atoms with Crippen LogP contribution >= 0.6 is 0 Å². The van der Waals surface area contributed by atoms with Gasteiger partial charge in [0.15, 0.2) is 9.84 Å². The summed E-state index contributed by atoms with van der Waals surface area (Å²) < 4.78 is 23.2. The molecule has 4 heteroatoms. The van der Waals surface area contributed by atoms with Crippen molar-refractivity contribution in [2.45, 2.75) is 18.7 Å². The first-order valence-electron chi connectivity index (χ1n) is 4.38. The highest BCUT2D eigenvalue weighted by molar-refractivity contribution is 7.91. The summed E-state index contributed by atoms with van der Waals surface area (Å²) in [5.41, 5.74) is 1.77. The number of hydrogen-bond donors (Lipinski definition) is 1. The lowest BCUT2D eigenvalue weighted by molar-refractivity contribution is 0.319. The lowest BCUT2D eigenvalue weighted by Crippen LogP contribution is -2.11. The molecule has 0 amide bonds. The maximum Gasteiger partial charge on any atom is 0.180 e. The van der Waals surface area contributed by atoms with Crippen molar-refractivity contribution in [2.75, 3.05) is 12.4 Å². The lowest BCUT2D eigenvalue weighted by atomic mass is 10.2. The zero-order valence-electron chi connectivity index (χ0n) is 8.32. The van der Waals surface area contributed by atoms with Gasteiger partial charge in [-0.05, 0) is 25.5 Å². The lowest BCUT2D eigenvalue weighted by Gasteiger charge is -2.06. The van der Waals surface area contributed by atoms with E-state index < -0.39 is 9.84 Å². The average Bonchev–Trinajstić information content (AvgIpc) is 2.02. The van der Waals surface area contributed by atoms with Gasteiger partial charge in [-0.15, -0.1) is 0 Å². The van der Waals surface area contributed by atoms with Crippen LogP contribution in [-0.2, 0) is 9.84 Å². The summed E-state index contributed by atoms with van der Waals surface area (Å²) in [4.78, 5) is 0.317. The van der Waals surface area contributed by atoms with Gasteiger partial charge < -0.3 is 5.11 Å². The van der Waals surface area contributed by atoms with Gasteiger partial charge in [-0.25, -0.2) is 8.42 Å². The molecule has 0 saturated carbocycles. The smallest absolute Gasteiger partial charge is 0.180 e. The molecule has 0 aliphatic rings. The zero-order chi connectivity index (χ0) is 10.8. The number of benzene rings is 1. The molecule has 0 aliphatic heterocycles. The van der Waals surface area contributed by atoms with Crippen LogP contribution in [0.3, 0.4) is 0 Å². The Kier molecular flexibility index (Phi) is 3.29. The molecule has 0 atom stereocenters. The van der Waals surface area contributed by atoms with Crippen molar-refractivity contribution < 1.29 is 13.5 Å². The summed E-state index contributed by atoms with van der Waals surface area (Å²) >= 11 is 0. The third-order valence-corrected chi connectivity index (χ3v) is 3.87. The molecule has 3 nitrogen and oxygen atoms in total. The zero-order valence-corrected chi connectivity index (χ0v) is 9.13. The molecule has 0 spiro atoms. The van der Waals surface area contributed by atoms with E-state index in [-0.39, 0.29) is 12.4 Å². The number of aryl methyl sites for hydroxylation is 2. The minimum atomic E-state index is -3.31. The third-order valence-electron chi connectivity index (χ3n) is 2.03. The second kappa shape index (κ2) is 4.11. The van der Waals surface area contributed by atoms with E-state index in [1.165, 1.54) is 0 Å². The van der Waals surface area contributed by atoms with Crippen molar-refractivity contribution in [3.8, 4) is 0 Å². The molecule has 0 unspecified atom stereocenters. The van der Waals surface area contributed by atoms with Crippen molar-refractivity contribution in [2.24, 2.45) is 0 Å². The highest BCUT2D eigenvalue weighted by Gasteiger charge is 2.15. The monoisotopic (exact) mass is 214 g/mol. The van der Waals surface area contributed by atoms with Crippen molar-refractivity contribution >= 4 is 9.84 Å². The van der Waals surface area contributed by atoms with Crippen LogP contribution in [0, 0.1) is 13.8 Å². The summed E-state index contributed by atoms with van der Waals surface area (Å²) in [5, 5.41) is 8.63. The van der Waals surface area contributed by atoms with Crippen LogP contribution in [-0.4, -0.2) is 25.9 Å². The van der Waals surface area contributed by atoms with E-state index in [2.05, 4.69) is 0 Å². The fourth-order valence-corrected chi connectivity index (χ4v) is 2.66. The van der Waals surface area contributed by atoms with Gasteiger partial charge in [0.1, 0.15) is 0 Å². The maximum atomic E-state index is 11.6. The molecule has 0 aliphatic carbocycles. The van der Waals surface area contributed by atoms with Gasteiger partial charge >= 0.3 is 0 Å². The molecule has 0 saturated heterocycles. The van der Waals surface area contributed by atoms with Gasteiger partial charge in [0.2, 0.25) is 0 Å². The summed E-state index contributed by atoms with van der Waals surface area (Å²) in [6.07, 6.45) is 0. The Bertz CT molecular complexity index is 421. The Hall–Kier alpha value is -0.870. The Morgan fingerprint density at radius 3 is 2.43 bits per heavy atom. The summed E-state index contributed by atoms with van der Waals surface area (Å²) in [7, 11) is -3.31. The summed E-state index contributed by atoms with van der Waals surface area (Å²) in [6.45, 7) is 3.34. The van der Waals surface area contributed by atoms with Crippen LogP contribution < -0.4 is 0 Å². The van der Waals surface area contributed by atoms with Crippen LogP contribution in [0.25, 0.3) is 0 Å². The third kappa shape index (κ3) is 2.33. The van der Waals surface area contributed by atoms with E-state index in [0.717, 1.165) is 11.1 Å². The second-order valence-electron chi connectivity index (χ2n) is 3.31. The van der Waals surface area contributed by atoms with Gasteiger partial charge in [-0.3, -0.25) is 0 Å². The molecule has 0 aromatic heterocycles. The molecule has 0 radical (unpaired) electrons. The predicted molar refractivity (Wildman–Crippen MR) is 55.1 cm³/mol. The van der Waals surface area contributed by atoms with Crippen molar-refractivity contribution in [1.82, 2.24) is 0 Å². The van der Waals surface area contributed by atoms with E-state index >= 15 is 0 Å². The molecule has 78 valence electrons. The van der Waals surface area contributed by atoms with Gasteiger partial charge in [-0.2, -0.15) is 0 Å². The maximum absolute atomic E-state index is 11.6. The minimum absolute atomic E-state index is 0.211. The number of rotatable bonds is 3. The first kappa shape index (κ1) is 11.2. The molecular weight excluding hydrogens is 200 g/mol. The number of hydrogen-bond acceptors (Lipinski definition) is 3. The van der Waals surface area contributed by atoms with Gasteiger partial charge in [0.25, 0.3) is 0 Å². The van der Waals surface area contributed by atoms with E-state index in [4.69, 9.17) is 5.11 Å². The summed E-state index contributed by atoms with van der Waals surface area (Å²) in [6, 6.07) is 5.18. The first-order valence-corrected chi connectivity index (χ1v) is 6.03. The van der Waals surface area contributed by atoms with Crippen molar-refractivity contribution in [3.63, 3.8) is 0 Å². The Morgan fingerprint density at radius 1 is 1.29 bits per heavy atom. The Balaban J connectivity index is 3.20. The highest BCUT2D eigenvalue weighted by Crippen LogP contribution is 2.17. The molecule has 1 aromatic rings. The predicted octanol–water partition coefficient (Wildman–Crippen LogP) is 1.07. The number of aliphatic hydroxyl groups excluding tert-OH is 1. The van der Waals surface area contributed by atoms with E-state index in [9.17, 15) is 8.42 Å². The molecule has 1 aromatic carbocycles. The second-order valence-corrected chi connectivity index (χ2v) is 5.39. The van der Waals surface area contributed by atoms with Crippen molar-refractivity contribution in [1.29, 1.82) is 0 Å². The van der Waals surface area contributed by atoms with Crippen LogP contribution in [0.4, 0.5) is 0 Å². The van der Waals surface area contributed by atoms with Crippen LogP contribution in [0.5, 0.6) is 0 Å². The molecule has 0 bridgehead atoms. The molecule has 0 heterocycles. The SMILES string of the molecule is Cc1ccc(S(=O)(=O)CCO)c(C)c1. The minimum Gasteiger partial charge on any atom is -0.395 e. The van der Waals surface area contributed by atoms with E-state index in [1.54, 1.807) is 19.1 Å². The topological polar surface area (TPSA) is 54.4 Å². The largest absolute Gasteiger partial charge is 0.395 e. The van der Waals surface area contributed by atoms with Gasteiger partial charge in [-0.1, -0.05) is 17.7 Å². The normalized spacial score (nSPS) is 11.6. The highest BCUT2D eigenvalue weighted by atomic mass is 32.2. The molecule has 1 rings (SSSR count). The van der Waals surface area contributed by atoms with Crippen LogP contribution in [0.1, 0.15) is 11.1 Å². The first-order chi connectivity index (χ1) is 6.47. The standard InChI is InChI=1S/C10H14O3S/c1-8-3-4-10(9(2)7-8)14(12,13)6-5-11/h3-4,7,11H,5-6H2,1-2H3. The summed E-state index contributed by atoms with van der Waals surface area (Å²) in [5.74, 6) is -0.211. The molecular formula is C10H14O3S. The molecule has 14 heavy (non-hydrogen) atoms.